The Morgan fingerprint density at radius 1 is 1.00 bits per heavy atom. The summed E-state index contributed by atoms with van der Waals surface area (Å²) in [6.07, 6.45) is 0.207. The molecule has 0 aliphatic rings. The standard InChI is InChI=1S/C19H21F2NO3/c1-3-22(13-15-6-8-16(24-2)9-7-15)18(23)12-14-4-10-17(11-5-14)25-19(20)21/h4-11,19H,3,12-13H2,1-2H3. The van der Waals surface area contributed by atoms with E-state index < -0.39 is 6.61 Å². The van der Waals surface area contributed by atoms with Gasteiger partial charge in [-0.15, -0.1) is 0 Å². The predicted octanol–water partition coefficient (Wildman–Crippen LogP) is 3.89. The Kier molecular flexibility index (Phi) is 6.74. The SMILES string of the molecule is CCN(Cc1ccc(OC)cc1)C(=O)Cc1ccc(OC(F)F)cc1. The van der Waals surface area contributed by atoms with Crippen molar-refractivity contribution < 1.29 is 23.0 Å². The summed E-state index contributed by atoms with van der Waals surface area (Å²) in [7, 11) is 1.61. The number of rotatable bonds is 8. The second kappa shape index (κ2) is 9.01. The van der Waals surface area contributed by atoms with Crippen molar-refractivity contribution in [1.82, 2.24) is 4.90 Å². The molecule has 0 unspecified atom stereocenters. The first kappa shape index (κ1) is 18.7. The zero-order valence-corrected chi connectivity index (χ0v) is 14.2. The van der Waals surface area contributed by atoms with Gasteiger partial charge in [0.1, 0.15) is 11.5 Å². The van der Waals surface area contributed by atoms with E-state index in [1.807, 2.05) is 31.2 Å². The summed E-state index contributed by atoms with van der Waals surface area (Å²) >= 11 is 0. The fourth-order valence-electron chi connectivity index (χ4n) is 2.40. The molecule has 0 bridgehead atoms. The van der Waals surface area contributed by atoms with Gasteiger partial charge in [-0.25, -0.2) is 0 Å². The Labute approximate surface area is 146 Å². The monoisotopic (exact) mass is 349 g/mol. The first-order chi connectivity index (χ1) is 12.0. The number of alkyl halides is 2. The quantitative estimate of drug-likeness (QED) is 0.726. The van der Waals surface area contributed by atoms with Crippen molar-refractivity contribution in [2.75, 3.05) is 13.7 Å². The van der Waals surface area contributed by atoms with Crippen LogP contribution in [0.3, 0.4) is 0 Å². The van der Waals surface area contributed by atoms with Crippen LogP contribution < -0.4 is 9.47 Å². The lowest BCUT2D eigenvalue weighted by Gasteiger charge is -2.21. The highest BCUT2D eigenvalue weighted by Crippen LogP contribution is 2.17. The molecular weight excluding hydrogens is 328 g/mol. The first-order valence-corrected chi connectivity index (χ1v) is 7.96. The average Bonchev–Trinajstić information content (AvgIpc) is 2.61. The van der Waals surface area contributed by atoms with Crippen LogP contribution in [0.15, 0.2) is 48.5 Å². The highest BCUT2D eigenvalue weighted by atomic mass is 19.3. The van der Waals surface area contributed by atoms with Gasteiger partial charge in [0, 0.05) is 13.1 Å². The zero-order chi connectivity index (χ0) is 18.2. The van der Waals surface area contributed by atoms with Crippen LogP contribution >= 0.6 is 0 Å². The van der Waals surface area contributed by atoms with Gasteiger partial charge in [0.25, 0.3) is 0 Å². The maximum Gasteiger partial charge on any atom is 0.387 e. The summed E-state index contributed by atoms with van der Waals surface area (Å²) < 4.78 is 33.7. The molecule has 0 aliphatic carbocycles. The lowest BCUT2D eigenvalue weighted by atomic mass is 10.1. The van der Waals surface area contributed by atoms with Crippen LogP contribution in [0.2, 0.25) is 0 Å². The number of carbonyl (C=O) groups is 1. The molecule has 0 aromatic heterocycles. The molecule has 4 nitrogen and oxygen atoms in total. The van der Waals surface area contributed by atoms with Crippen molar-refractivity contribution in [3.8, 4) is 11.5 Å². The molecule has 0 saturated heterocycles. The maximum atomic E-state index is 12.5. The predicted molar refractivity (Wildman–Crippen MR) is 90.9 cm³/mol. The molecule has 25 heavy (non-hydrogen) atoms. The number of hydrogen-bond donors (Lipinski definition) is 0. The van der Waals surface area contributed by atoms with Crippen molar-refractivity contribution in [2.24, 2.45) is 0 Å². The number of amides is 1. The number of nitrogens with zero attached hydrogens (tertiary/aromatic N) is 1. The Hall–Kier alpha value is -2.63. The molecule has 0 fully saturated rings. The molecule has 0 N–H and O–H groups in total. The summed E-state index contributed by atoms with van der Waals surface area (Å²) in [4.78, 5) is 14.2. The molecule has 134 valence electrons. The van der Waals surface area contributed by atoms with Gasteiger partial charge in [0.2, 0.25) is 5.91 Å². The van der Waals surface area contributed by atoms with Crippen molar-refractivity contribution in [3.05, 3.63) is 59.7 Å². The summed E-state index contributed by atoms with van der Waals surface area (Å²) in [6, 6.07) is 13.7. The first-order valence-electron chi connectivity index (χ1n) is 7.96. The van der Waals surface area contributed by atoms with E-state index in [0.717, 1.165) is 16.9 Å². The number of hydrogen-bond acceptors (Lipinski definition) is 3. The molecule has 0 radical (unpaired) electrons. The normalized spacial score (nSPS) is 10.6. The van der Waals surface area contributed by atoms with E-state index in [0.29, 0.717) is 13.1 Å². The van der Waals surface area contributed by atoms with Gasteiger partial charge in [-0.1, -0.05) is 24.3 Å². The largest absolute Gasteiger partial charge is 0.497 e. The van der Waals surface area contributed by atoms with E-state index in [2.05, 4.69) is 4.74 Å². The molecule has 0 aliphatic heterocycles. The third-order valence-electron chi connectivity index (χ3n) is 3.77. The van der Waals surface area contributed by atoms with Gasteiger partial charge in [-0.3, -0.25) is 4.79 Å². The van der Waals surface area contributed by atoms with Gasteiger partial charge in [0.15, 0.2) is 0 Å². The molecular formula is C19H21F2NO3. The van der Waals surface area contributed by atoms with Crippen LogP contribution in [0.25, 0.3) is 0 Å². The Bertz CT molecular complexity index is 672. The van der Waals surface area contributed by atoms with Crippen LogP contribution in [-0.4, -0.2) is 31.1 Å². The molecule has 0 saturated carbocycles. The van der Waals surface area contributed by atoms with Gasteiger partial charge < -0.3 is 14.4 Å². The maximum absolute atomic E-state index is 12.5. The van der Waals surface area contributed by atoms with Crippen molar-refractivity contribution in [2.45, 2.75) is 26.5 Å². The van der Waals surface area contributed by atoms with Gasteiger partial charge >= 0.3 is 6.61 Å². The van der Waals surface area contributed by atoms with Crippen LogP contribution in [0.5, 0.6) is 11.5 Å². The molecule has 2 rings (SSSR count). The number of carbonyl (C=O) groups excluding carboxylic acids is 1. The van der Waals surface area contributed by atoms with E-state index in [1.54, 1.807) is 24.1 Å². The fourth-order valence-corrected chi connectivity index (χ4v) is 2.40. The summed E-state index contributed by atoms with van der Waals surface area (Å²) in [5.41, 5.74) is 1.76. The summed E-state index contributed by atoms with van der Waals surface area (Å²) in [5.74, 6) is 0.821. The number of benzene rings is 2. The van der Waals surface area contributed by atoms with Crippen LogP contribution in [0.4, 0.5) is 8.78 Å². The molecule has 6 heteroatoms. The van der Waals surface area contributed by atoms with E-state index in [4.69, 9.17) is 4.74 Å². The lowest BCUT2D eigenvalue weighted by Crippen LogP contribution is -2.31. The Morgan fingerprint density at radius 2 is 1.56 bits per heavy atom. The second-order valence-corrected chi connectivity index (χ2v) is 5.46. The molecule has 0 atom stereocenters. The highest BCUT2D eigenvalue weighted by molar-refractivity contribution is 5.78. The topological polar surface area (TPSA) is 38.8 Å². The van der Waals surface area contributed by atoms with Crippen LogP contribution in [-0.2, 0) is 17.8 Å². The van der Waals surface area contributed by atoms with Crippen molar-refractivity contribution >= 4 is 5.91 Å². The van der Waals surface area contributed by atoms with E-state index in [1.165, 1.54) is 12.1 Å². The third kappa shape index (κ3) is 5.74. The molecule has 1 amide bonds. The number of halogens is 2. The highest BCUT2D eigenvalue weighted by Gasteiger charge is 2.13. The smallest absolute Gasteiger partial charge is 0.387 e. The number of methoxy groups -OCH3 is 1. The molecule has 0 heterocycles. The van der Waals surface area contributed by atoms with Gasteiger partial charge in [0.05, 0.1) is 13.5 Å². The van der Waals surface area contributed by atoms with Gasteiger partial charge in [-0.2, -0.15) is 8.78 Å². The summed E-state index contributed by atoms with van der Waals surface area (Å²) in [5, 5.41) is 0. The zero-order valence-electron chi connectivity index (χ0n) is 14.2. The van der Waals surface area contributed by atoms with Crippen molar-refractivity contribution in [3.63, 3.8) is 0 Å². The van der Waals surface area contributed by atoms with E-state index in [9.17, 15) is 13.6 Å². The minimum Gasteiger partial charge on any atom is -0.497 e. The van der Waals surface area contributed by atoms with Crippen LogP contribution in [0.1, 0.15) is 18.1 Å². The Balaban J connectivity index is 1.96. The minimum atomic E-state index is -2.85. The number of ether oxygens (including phenoxy) is 2. The average molecular weight is 349 g/mol. The van der Waals surface area contributed by atoms with E-state index >= 15 is 0 Å². The number of likely N-dealkylation sites (N-methyl/N-ethyl adjacent to an activating group) is 1. The van der Waals surface area contributed by atoms with Crippen LogP contribution in [0, 0.1) is 0 Å². The minimum absolute atomic E-state index is 0.0270. The summed E-state index contributed by atoms with van der Waals surface area (Å²) in [6.45, 7) is 0.150. The fraction of sp³-hybridized carbons (Fsp3) is 0.316. The third-order valence-corrected chi connectivity index (χ3v) is 3.77. The molecule has 0 spiro atoms. The molecule has 2 aromatic rings. The second-order valence-electron chi connectivity index (χ2n) is 5.46. The van der Waals surface area contributed by atoms with Crippen molar-refractivity contribution in [1.29, 1.82) is 0 Å². The van der Waals surface area contributed by atoms with Gasteiger partial charge in [-0.05, 0) is 42.3 Å². The molecule has 2 aromatic carbocycles. The van der Waals surface area contributed by atoms with E-state index in [-0.39, 0.29) is 18.1 Å². The lowest BCUT2D eigenvalue weighted by molar-refractivity contribution is -0.130. The Morgan fingerprint density at radius 3 is 2.08 bits per heavy atom.